The van der Waals surface area contributed by atoms with Gasteiger partial charge in [0.25, 0.3) is 0 Å². The van der Waals surface area contributed by atoms with Crippen molar-refractivity contribution in [3.63, 3.8) is 0 Å². The van der Waals surface area contributed by atoms with Gasteiger partial charge in [0, 0.05) is 6.92 Å². The summed E-state index contributed by atoms with van der Waals surface area (Å²) in [6, 6.07) is 4.93. The molecule has 0 aliphatic carbocycles. The molecule has 7 nitrogen and oxygen atoms in total. The standard InChI is InChI=1S/C12H14N2O5/c1-8(16)14-10-4-3-9(5-11(10)18-2)6-19-12(17)13-7-15/h3-5,7H,6H2,1-2H3,(H,14,16)(H,13,15,17). The molecule has 19 heavy (non-hydrogen) atoms. The van der Waals surface area contributed by atoms with Crippen LogP contribution in [0, 0.1) is 0 Å². The van der Waals surface area contributed by atoms with Gasteiger partial charge in [0.15, 0.2) is 0 Å². The lowest BCUT2D eigenvalue weighted by Gasteiger charge is -2.11. The SMILES string of the molecule is COc1cc(COC(=O)NC=O)ccc1NC(C)=O. The molecular formula is C12H14N2O5. The fourth-order valence-electron chi connectivity index (χ4n) is 1.36. The van der Waals surface area contributed by atoms with E-state index in [1.54, 1.807) is 18.2 Å². The third-order valence-corrected chi connectivity index (χ3v) is 2.12. The molecule has 0 spiro atoms. The Hall–Kier alpha value is -2.57. The topological polar surface area (TPSA) is 93.7 Å². The molecule has 0 bridgehead atoms. The summed E-state index contributed by atoms with van der Waals surface area (Å²) in [6.07, 6.45) is -0.595. The molecule has 102 valence electrons. The number of benzene rings is 1. The minimum absolute atomic E-state index is 0.0175. The highest BCUT2D eigenvalue weighted by Crippen LogP contribution is 2.25. The number of hydrogen-bond acceptors (Lipinski definition) is 5. The van der Waals surface area contributed by atoms with Gasteiger partial charge in [0.1, 0.15) is 12.4 Å². The molecule has 0 atom stereocenters. The summed E-state index contributed by atoms with van der Waals surface area (Å²) in [5, 5.41) is 4.46. The Labute approximate surface area is 109 Å². The highest BCUT2D eigenvalue weighted by atomic mass is 16.5. The van der Waals surface area contributed by atoms with Crippen molar-refractivity contribution in [2.75, 3.05) is 12.4 Å². The summed E-state index contributed by atoms with van der Waals surface area (Å²) in [7, 11) is 1.46. The molecule has 1 aromatic rings. The zero-order valence-electron chi connectivity index (χ0n) is 10.6. The molecule has 0 aromatic heterocycles. The first-order valence-corrected chi connectivity index (χ1v) is 5.38. The van der Waals surface area contributed by atoms with E-state index < -0.39 is 6.09 Å². The molecule has 0 aliphatic heterocycles. The summed E-state index contributed by atoms with van der Waals surface area (Å²) >= 11 is 0. The van der Waals surface area contributed by atoms with Crippen LogP contribution >= 0.6 is 0 Å². The average molecular weight is 266 g/mol. The van der Waals surface area contributed by atoms with Crippen molar-refractivity contribution < 1.29 is 23.9 Å². The molecular weight excluding hydrogens is 252 g/mol. The van der Waals surface area contributed by atoms with Crippen LogP contribution in [0.1, 0.15) is 12.5 Å². The number of nitrogens with one attached hydrogen (secondary N) is 2. The summed E-state index contributed by atoms with van der Waals surface area (Å²) < 4.78 is 9.88. The molecule has 0 heterocycles. The smallest absolute Gasteiger partial charge is 0.413 e. The second kappa shape index (κ2) is 7.00. The van der Waals surface area contributed by atoms with E-state index in [0.717, 1.165) is 0 Å². The third kappa shape index (κ3) is 4.66. The molecule has 0 fully saturated rings. The molecule has 7 heteroatoms. The molecule has 2 N–H and O–H groups in total. The van der Waals surface area contributed by atoms with E-state index in [1.807, 2.05) is 5.32 Å². The summed E-state index contributed by atoms with van der Waals surface area (Å²) in [5.74, 6) is 0.236. The van der Waals surface area contributed by atoms with Crippen LogP contribution in [0.25, 0.3) is 0 Å². The Balaban J connectivity index is 2.73. The monoisotopic (exact) mass is 266 g/mol. The average Bonchev–Trinajstić information content (AvgIpc) is 2.37. The van der Waals surface area contributed by atoms with Crippen LogP contribution in [0.15, 0.2) is 18.2 Å². The predicted molar refractivity (Wildman–Crippen MR) is 66.7 cm³/mol. The number of imide groups is 1. The van der Waals surface area contributed by atoms with Crippen LogP contribution in [0.4, 0.5) is 10.5 Å². The molecule has 0 unspecified atom stereocenters. The van der Waals surface area contributed by atoms with Crippen LogP contribution in [0.2, 0.25) is 0 Å². The van der Waals surface area contributed by atoms with Gasteiger partial charge < -0.3 is 14.8 Å². The van der Waals surface area contributed by atoms with Crippen molar-refractivity contribution in [2.24, 2.45) is 0 Å². The van der Waals surface area contributed by atoms with Gasteiger partial charge in [-0.15, -0.1) is 0 Å². The van der Waals surface area contributed by atoms with Gasteiger partial charge in [0.05, 0.1) is 12.8 Å². The molecule has 0 saturated heterocycles. The van der Waals surface area contributed by atoms with E-state index in [9.17, 15) is 14.4 Å². The van der Waals surface area contributed by atoms with Crippen molar-refractivity contribution in [2.45, 2.75) is 13.5 Å². The minimum Gasteiger partial charge on any atom is -0.495 e. The molecule has 0 aliphatic rings. The van der Waals surface area contributed by atoms with Crippen LogP contribution < -0.4 is 15.4 Å². The number of rotatable bonds is 5. The van der Waals surface area contributed by atoms with E-state index in [2.05, 4.69) is 5.32 Å². The van der Waals surface area contributed by atoms with Gasteiger partial charge in [0.2, 0.25) is 12.3 Å². The van der Waals surface area contributed by atoms with Crippen molar-refractivity contribution >= 4 is 24.1 Å². The number of methoxy groups -OCH3 is 1. The quantitative estimate of drug-likeness (QED) is 0.776. The number of carbonyl (C=O) groups is 3. The highest BCUT2D eigenvalue weighted by Gasteiger charge is 2.07. The maximum Gasteiger partial charge on any atom is 0.413 e. The van der Waals surface area contributed by atoms with E-state index in [1.165, 1.54) is 14.0 Å². The lowest BCUT2D eigenvalue weighted by Crippen LogP contribution is -2.22. The van der Waals surface area contributed by atoms with Crippen LogP contribution in [-0.2, 0) is 20.9 Å². The highest BCUT2D eigenvalue weighted by molar-refractivity contribution is 5.90. The fraction of sp³-hybridized carbons (Fsp3) is 0.250. The van der Waals surface area contributed by atoms with Crippen LogP contribution in [-0.4, -0.2) is 25.5 Å². The lowest BCUT2D eigenvalue weighted by molar-refractivity contribution is -0.114. The number of carbonyl (C=O) groups excluding carboxylic acids is 3. The van der Waals surface area contributed by atoms with Gasteiger partial charge in [-0.3, -0.25) is 14.9 Å². The number of hydrogen-bond donors (Lipinski definition) is 2. The summed E-state index contributed by atoms with van der Waals surface area (Å²) in [6.45, 7) is 1.37. The van der Waals surface area contributed by atoms with E-state index in [4.69, 9.17) is 9.47 Å². The second-order valence-corrected chi connectivity index (χ2v) is 3.55. The lowest BCUT2D eigenvalue weighted by atomic mass is 10.2. The summed E-state index contributed by atoms with van der Waals surface area (Å²) in [5.41, 5.74) is 1.18. The number of anilines is 1. The molecule has 0 radical (unpaired) electrons. The van der Waals surface area contributed by atoms with Crippen molar-refractivity contribution in [1.82, 2.24) is 5.32 Å². The van der Waals surface area contributed by atoms with Gasteiger partial charge in [-0.25, -0.2) is 4.79 Å². The summed E-state index contributed by atoms with van der Waals surface area (Å²) in [4.78, 5) is 31.9. The number of alkyl carbamates (subject to hydrolysis) is 1. The van der Waals surface area contributed by atoms with E-state index in [-0.39, 0.29) is 18.9 Å². The Morgan fingerprint density at radius 2 is 2.11 bits per heavy atom. The van der Waals surface area contributed by atoms with Gasteiger partial charge in [-0.2, -0.15) is 0 Å². The molecule has 0 saturated carbocycles. The molecule has 1 rings (SSSR count). The first-order chi connectivity index (χ1) is 9.06. The Kier molecular flexibility index (Phi) is 5.34. The van der Waals surface area contributed by atoms with Crippen molar-refractivity contribution in [3.05, 3.63) is 23.8 Å². The predicted octanol–water partition coefficient (Wildman–Crippen LogP) is 1.04. The molecule has 3 amide bonds. The Bertz CT molecular complexity index is 487. The second-order valence-electron chi connectivity index (χ2n) is 3.55. The maximum absolute atomic E-state index is 11.0. The van der Waals surface area contributed by atoms with E-state index >= 15 is 0 Å². The van der Waals surface area contributed by atoms with E-state index in [0.29, 0.717) is 17.0 Å². The number of ether oxygens (including phenoxy) is 2. The maximum atomic E-state index is 11.0. The normalized spacial score (nSPS) is 9.37. The first-order valence-electron chi connectivity index (χ1n) is 5.38. The van der Waals surface area contributed by atoms with Crippen molar-refractivity contribution in [1.29, 1.82) is 0 Å². The van der Waals surface area contributed by atoms with Crippen LogP contribution in [0.5, 0.6) is 5.75 Å². The molecule has 1 aromatic carbocycles. The van der Waals surface area contributed by atoms with Crippen molar-refractivity contribution in [3.8, 4) is 5.75 Å². The van der Waals surface area contributed by atoms with Gasteiger partial charge in [-0.1, -0.05) is 6.07 Å². The first kappa shape index (κ1) is 14.5. The largest absolute Gasteiger partial charge is 0.495 e. The fourth-order valence-corrected chi connectivity index (χ4v) is 1.36. The van der Waals surface area contributed by atoms with Gasteiger partial charge in [-0.05, 0) is 17.7 Å². The Morgan fingerprint density at radius 3 is 2.68 bits per heavy atom. The minimum atomic E-state index is -0.833. The van der Waals surface area contributed by atoms with Crippen LogP contribution in [0.3, 0.4) is 0 Å². The number of amides is 3. The zero-order valence-corrected chi connectivity index (χ0v) is 10.6. The third-order valence-electron chi connectivity index (χ3n) is 2.12. The van der Waals surface area contributed by atoms with Gasteiger partial charge >= 0.3 is 6.09 Å². The Morgan fingerprint density at radius 1 is 1.37 bits per heavy atom. The zero-order chi connectivity index (χ0) is 14.3.